The van der Waals surface area contributed by atoms with E-state index in [1.165, 1.54) is 6.42 Å². The quantitative estimate of drug-likeness (QED) is 0.624. The van der Waals surface area contributed by atoms with Gasteiger partial charge in [0, 0.05) is 18.7 Å². The van der Waals surface area contributed by atoms with Gasteiger partial charge in [-0.15, -0.1) is 5.10 Å². The van der Waals surface area contributed by atoms with Crippen LogP contribution >= 0.6 is 11.6 Å². The number of aryl methyl sites for hydroxylation is 1. The van der Waals surface area contributed by atoms with E-state index in [4.69, 9.17) is 16.3 Å². The summed E-state index contributed by atoms with van der Waals surface area (Å²) < 4.78 is 7.02. The maximum atomic E-state index is 13.1. The lowest BCUT2D eigenvalue weighted by Gasteiger charge is -2.32. The van der Waals surface area contributed by atoms with E-state index in [1.54, 1.807) is 4.68 Å². The van der Waals surface area contributed by atoms with Crippen molar-refractivity contribution in [3.8, 4) is 11.4 Å². The molecule has 0 aliphatic carbocycles. The molecule has 1 aromatic carbocycles. The number of hydrogen-bond acceptors (Lipinski definition) is 5. The van der Waals surface area contributed by atoms with Gasteiger partial charge in [0.2, 0.25) is 0 Å². The lowest BCUT2D eigenvalue weighted by Crippen LogP contribution is -2.44. The number of benzene rings is 1. The highest BCUT2D eigenvalue weighted by Gasteiger charge is 2.23. The van der Waals surface area contributed by atoms with Crippen molar-refractivity contribution in [1.29, 1.82) is 0 Å². The fourth-order valence-electron chi connectivity index (χ4n) is 3.48. The number of aromatic nitrogens is 3. The first-order valence-corrected chi connectivity index (χ1v) is 10.6. The van der Waals surface area contributed by atoms with Gasteiger partial charge in [0.25, 0.3) is 5.56 Å². The van der Waals surface area contributed by atoms with Gasteiger partial charge in [-0.2, -0.15) is 0 Å². The summed E-state index contributed by atoms with van der Waals surface area (Å²) in [5.74, 6) is 0.510. The Labute approximate surface area is 171 Å². The first-order valence-electron chi connectivity index (χ1n) is 10.2. The van der Waals surface area contributed by atoms with E-state index in [9.17, 15) is 4.79 Å². The van der Waals surface area contributed by atoms with E-state index in [1.807, 2.05) is 31.2 Å². The van der Waals surface area contributed by atoms with Gasteiger partial charge < -0.3 is 4.74 Å². The smallest absolute Gasteiger partial charge is 0.289 e. The molecular formula is C21H29ClN4O2. The van der Waals surface area contributed by atoms with Crippen LogP contribution in [0.5, 0.6) is 0 Å². The molecule has 2 aromatic rings. The van der Waals surface area contributed by atoms with Crippen LogP contribution in [0.15, 0.2) is 29.1 Å². The Morgan fingerprint density at radius 2 is 1.93 bits per heavy atom. The van der Waals surface area contributed by atoms with Gasteiger partial charge in [0.05, 0.1) is 18.2 Å². The van der Waals surface area contributed by atoms with Crippen LogP contribution in [0, 0.1) is 0 Å². The topological polar surface area (TPSA) is 60.3 Å². The van der Waals surface area contributed by atoms with Gasteiger partial charge in [-0.25, -0.2) is 9.67 Å². The molecular weight excluding hydrogens is 376 g/mol. The van der Waals surface area contributed by atoms with Crippen molar-refractivity contribution in [3.63, 3.8) is 0 Å². The predicted octanol–water partition coefficient (Wildman–Crippen LogP) is 3.93. The Morgan fingerprint density at radius 1 is 1.18 bits per heavy atom. The fourth-order valence-corrected chi connectivity index (χ4v) is 3.70. The highest BCUT2D eigenvalue weighted by Crippen LogP contribution is 2.25. The summed E-state index contributed by atoms with van der Waals surface area (Å²) in [4.78, 5) is 20.0. The summed E-state index contributed by atoms with van der Waals surface area (Å²) in [6.45, 7) is 7.10. The molecule has 0 amide bonds. The molecule has 1 atom stereocenters. The van der Waals surface area contributed by atoms with Crippen LogP contribution in [0.3, 0.4) is 0 Å². The Bertz CT molecular complexity index is 833. The maximum absolute atomic E-state index is 13.1. The molecule has 1 fully saturated rings. The molecule has 7 heteroatoms. The van der Waals surface area contributed by atoms with Crippen molar-refractivity contribution in [2.75, 3.05) is 26.3 Å². The number of hydrogen-bond donors (Lipinski definition) is 0. The van der Waals surface area contributed by atoms with Crippen LogP contribution in [-0.4, -0.2) is 46.0 Å². The molecule has 1 unspecified atom stereocenters. The fraction of sp³-hybridized carbons (Fsp3) is 0.571. The number of halogens is 1. The molecule has 1 saturated heterocycles. The molecule has 6 nitrogen and oxygen atoms in total. The van der Waals surface area contributed by atoms with Crippen LogP contribution in [0.2, 0.25) is 5.02 Å². The predicted molar refractivity (Wildman–Crippen MR) is 112 cm³/mol. The Morgan fingerprint density at radius 3 is 2.64 bits per heavy atom. The summed E-state index contributed by atoms with van der Waals surface area (Å²) >= 11 is 6.38. The minimum absolute atomic E-state index is 0.105. The third-order valence-corrected chi connectivity index (χ3v) is 5.54. The summed E-state index contributed by atoms with van der Waals surface area (Å²) in [5, 5.41) is 5.20. The third-order valence-electron chi connectivity index (χ3n) is 5.21. The zero-order valence-electron chi connectivity index (χ0n) is 16.7. The number of nitrogens with zero attached hydrogens (tertiary/aromatic N) is 4. The van der Waals surface area contributed by atoms with Gasteiger partial charge in [0.15, 0.2) is 5.82 Å². The normalized spacial score (nSPS) is 16.2. The molecule has 2 heterocycles. The molecule has 0 radical (unpaired) electrons. The first-order chi connectivity index (χ1) is 13.6. The first kappa shape index (κ1) is 21.0. The van der Waals surface area contributed by atoms with Gasteiger partial charge in [-0.05, 0) is 31.9 Å². The number of morpholine rings is 1. The van der Waals surface area contributed by atoms with Crippen molar-refractivity contribution in [3.05, 3.63) is 45.3 Å². The van der Waals surface area contributed by atoms with E-state index in [0.717, 1.165) is 37.9 Å². The van der Waals surface area contributed by atoms with Gasteiger partial charge in [-0.3, -0.25) is 9.69 Å². The van der Waals surface area contributed by atoms with Crippen LogP contribution in [0.25, 0.3) is 11.4 Å². The van der Waals surface area contributed by atoms with Gasteiger partial charge >= 0.3 is 0 Å². The highest BCUT2D eigenvalue weighted by molar-refractivity contribution is 6.33. The minimum Gasteiger partial charge on any atom is -0.379 e. The van der Waals surface area contributed by atoms with Gasteiger partial charge in [0.1, 0.15) is 11.9 Å². The van der Waals surface area contributed by atoms with Crippen LogP contribution in [0.1, 0.15) is 51.4 Å². The lowest BCUT2D eigenvalue weighted by molar-refractivity contribution is -0.000971. The molecule has 1 aliphatic rings. The van der Waals surface area contributed by atoms with Crippen LogP contribution < -0.4 is 5.56 Å². The third kappa shape index (κ3) is 4.99. The van der Waals surface area contributed by atoms with E-state index in [2.05, 4.69) is 21.9 Å². The summed E-state index contributed by atoms with van der Waals surface area (Å²) in [7, 11) is 0. The van der Waals surface area contributed by atoms with Crippen molar-refractivity contribution >= 4 is 11.6 Å². The van der Waals surface area contributed by atoms with Crippen molar-refractivity contribution in [2.24, 2.45) is 0 Å². The number of ether oxygens (including phenoxy) is 1. The minimum atomic E-state index is -0.157. The van der Waals surface area contributed by atoms with Crippen LogP contribution in [-0.2, 0) is 11.2 Å². The highest BCUT2D eigenvalue weighted by atomic mass is 35.5. The zero-order valence-corrected chi connectivity index (χ0v) is 17.5. The molecule has 152 valence electrons. The Kier molecular flexibility index (Phi) is 7.59. The molecule has 0 spiro atoms. The standard InChI is InChI=1S/C21H29ClN4O2/c1-3-4-5-6-11-19-21(27)26(16(2)25-12-14-28-15-13-25)24-20(23-19)17-9-7-8-10-18(17)22/h7-10,16H,3-6,11-15H2,1-2H3. The van der Waals surface area contributed by atoms with E-state index >= 15 is 0 Å². The Balaban J connectivity index is 1.98. The second-order valence-corrected chi connectivity index (χ2v) is 7.61. The second kappa shape index (κ2) is 10.1. The summed E-state index contributed by atoms with van der Waals surface area (Å²) in [5.41, 5.74) is 1.22. The molecule has 1 aliphatic heterocycles. The van der Waals surface area contributed by atoms with Gasteiger partial charge in [-0.1, -0.05) is 49.9 Å². The van der Waals surface area contributed by atoms with Crippen LogP contribution in [0.4, 0.5) is 0 Å². The summed E-state index contributed by atoms with van der Waals surface area (Å²) in [6, 6.07) is 7.50. The molecule has 0 N–H and O–H groups in total. The average Bonchev–Trinajstić information content (AvgIpc) is 2.73. The lowest BCUT2D eigenvalue weighted by atomic mass is 10.1. The van der Waals surface area contributed by atoms with Crippen molar-refractivity contribution < 1.29 is 4.74 Å². The average molecular weight is 405 g/mol. The van der Waals surface area contributed by atoms with E-state index in [0.29, 0.717) is 36.2 Å². The summed E-state index contributed by atoms with van der Waals surface area (Å²) in [6.07, 6.45) is 4.88. The largest absolute Gasteiger partial charge is 0.379 e. The van der Waals surface area contributed by atoms with E-state index < -0.39 is 0 Å². The molecule has 1 aromatic heterocycles. The number of rotatable bonds is 8. The molecule has 3 rings (SSSR count). The second-order valence-electron chi connectivity index (χ2n) is 7.20. The SMILES string of the molecule is CCCCCCc1nc(-c2ccccc2Cl)nn(C(C)N2CCOCC2)c1=O. The molecule has 0 bridgehead atoms. The monoisotopic (exact) mass is 404 g/mol. The number of unbranched alkanes of at least 4 members (excludes halogenated alkanes) is 3. The van der Waals surface area contributed by atoms with Crippen molar-refractivity contribution in [1.82, 2.24) is 19.7 Å². The Hall–Kier alpha value is -1.76. The molecule has 0 saturated carbocycles. The zero-order chi connectivity index (χ0) is 19.9. The van der Waals surface area contributed by atoms with E-state index in [-0.39, 0.29) is 11.7 Å². The van der Waals surface area contributed by atoms with Crippen molar-refractivity contribution in [2.45, 2.75) is 52.1 Å². The molecule has 28 heavy (non-hydrogen) atoms. The maximum Gasteiger partial charge on any atom is 0.289 e.